The zero-order valence-corrected chi connectivity index (χ0v) is 9.55. The Balaban J connectivity index is 2.27. The molecule has 0 atom stereocenters. The van der Waals surface area contributed by atoms with Gasteiger partial charge in [-0.25, -0.2) is 0 Å². The lowest BCUT2D eigenvalue weighted by Gasteiger charge is -2.28. The van der Waals surface area contributed by atoms with Gasteiger partial charge in [-0.3, -0.25) is 0 Å². The monoisotopic (exact) mass is 183 g/mol. The lowest BCUT2D eigenvalue weighted by Crippen LogP contribution is -2.35. The molecule has 0 saturated heterocycles. The van der Waals surface area contributed by atoms with Gasteiger partial charge in [-0.2, -0.15) is 0 Å². The molecule has 0 aromatic carbocycles. The molecule has 1 saturated carbocycles. The van der Waals surface area contributed by atoms with Gasteiger partial charge in [0.2, 0.25) is 0 Å². The second kappa shape index (κ2) is 5.64. The summed E-state index contributed by atoms with van der Waals surface area (Å²) in [5, 5.41) is 0. The van der Waals surface area contributed by atoms with Crippen molar-refractivity contribution in [3.63, 3.8) is 0 Å². The van der Waals surface area contributed by atoms with Crippen LogP contribution < -0.4 is 0 Å². The summed E-state index contributed by atoms with van der Waals surface area (Å²) in [7, 11) is 0. The first-order valence-corrected chi connectivity index (χ1v) is 5.98. The topological polar surface area (TPSA) is 3.24 Å². The Kier molecular flexibility index (Phi) is 4.79. The molecule has 0 aromatic rings. The Bertz CT molecular complexity index is 125. The van der Waals surface area contributed by atoms with E-state index in [1.54, 1.807) is 0 Å². The molecule has 13 heavy (non-hydrogen) atoms. The van der Waals surface area contributed by atoms with E-state index in [4.69, 9.17) is 0 Å². The van der Waals surface area contributed by atoms with Crippen LogP contribution >= 0.6 is 0 Å². The fraction of sp³-hybridized carbons (Fsp3) is 1.00. The van der Waals surface area contributed by atoms with Crippen molar-refractivity contribution in [2.24, 2.45) is 5.92 Å². The summed E-state index contributed by atoms with van der Waals surface area (Å²) < 4.78 is 0. The van der Waals surface area contributed by atoms with Crippen molar-refractivity contribution in [1.82, 2.24) is 4.90 Å². The average Bonchev–Trinajstić information content (AvgIpc) is 2.56. The zero-order valence-electron chi connectivity index (χ0n) is 9.55. The maximum Gasteiger partial charge on any atom is 0.00387 e. The molecule has 0 aliphatic heterocycles. The maximum atomic E-state index is 2.65. The Morgan fingerprint density at radius 3 is 2.31 bits per heavy atom. The molecule has 0 radical (unpaired) electrons. The molecule has 1 heteroatoms. The van der Waals surface area contributed by atoms with Crippen molar-refractivity contribution in [1.29, 1.82) is 0 Å². The van der Waals surface area contributed by atoms with Crippen LogP contribution in [-0.2, 0) is 0 Å². The Morgan fingerprint density at radius 2 is 1.85 bits per heavy atom. The molecule has 0 amide bonds. The average molecular weight is 183 g/mol. The Hall–Kier alpha value is -0.0400. The number of nitrogens with zero attached hydrogens (tertiary/aromatic N) is 1. The summed E-state index contributed by atoms with van der Waals surface area (Å²) in [5.41, 5.74) is 0. The smallest absolute Gasteiger partial charge is 0.00387 e. The van der Waals surface area contributed by atoms with E-state index in [0.717, 1.165) is 12.0 Å². The quantitative estimate of drug-likeness (QED) is 0.632. The molecular weight excluding hydrogens is 158 g/mol. The largest absolute Gasteiger partial charge is 0.301 e. The van der Waals surface area contributed by atoms with E-state index < -0.39 is 0 Å². The molecule has 0 heterocycles. The molecule has 1 fully saturated rings. The fourth-order valence-electron chi connectivity index (χ4n) is 2.37. The van der Waals surface area contributed by atoms with Crippen LogP contribution in [0.25, 0.3) is 0 Å². The van der Waals surface area contributed by atoms with E-state index in [-0.39, 0.29) is 0 Å². The first-order valence-electron chi connectivity index (χ1n) is 5.98. The van der Waals surface area contributed by atoms with E-state index in [0.29, 0.717) is 0 Å². The lowest BCUT2D eigenvalue weighted by atomic mass is 10.1. The van der Waals surface area contributed by atoms with Crippen LogP contribution in [0, 0.1) is 5.92 Å². The van der Waals surface area contributed by atoms with E-state index in [1.165, 1.54) is 45.2 Å². The molecule has 1 nitrogen and oxygen atoms in total. The highest BCUT2D eigenvalue weighted by Crippen LogP contribution is 2.25. The van der Waals surface area contributed by atoms with Gasteiger partial charge in [-0.15, -0.1) is 0 Å². The minimum absolute atomic E-state index is 0.737. The van der Waals surface area contributed by atoms with Gasteiger partial charge in [-0.1, -0.05) is 19.8 Å². The summed E-state index contributed by atoms with van der Waals surface area (Å²) >= 11 is 0. The Morgan fingerprint density at radius 1 is 1.23 bits per heavy atom. The van der Waals surface area contributed by atoms with E-state index in [2.05, 4.69) is 25.7 Å². The van der Waals surface area contributed by atoms with Gasteiger partial charge in [0, 0.05) is 12.6 Å². The van der Waals surface area contributed by atoms with Crippen molar-refractivity contribution in [3.05, 3.63) is 0 Å². The summed E-state index contributed by atoms with van der Waals surface area (Å²) in [6.45, 7) is 9.57. The highest BCUT2D eigenvalue weighted by molar-refractivity contribution is 4.73. The molecule has 1 rings (SSSR count). The third kappa shape index (κ3) is 3.68. The standard InChI is InChI=1S/C12H25N/c1-4-9-13(11(2)3)10-12-7-5-6-8-12/h11-12H,4-10H2,1-3H3. The van der Waals surface area contributed by atoms with Gasteiger partial charge in [0.05, 0.1) is 0 Å². The highest BCUT2D eigenvalue weighted by Gasteiger charge is 2.19. The molecule has 0 aromatic heterocycles. The molecule has 1 aliphatic rings. The van der Waals surface area contributed by atoms with Gasteiger partial charge in [0.15, 0.2) is 0 Å². The number of hydrogen-bond acceptors (Lipinski definition) is 1. The molecule has 0 unspecified atom stereocenters. The predicted octanol–water partition coefficient (Wildman–Crippen LogP) is 3.30. The van der Waals surface area contributed by atoms with Gasteiger partial charge < -0.3 is 4.90 Å². The van der Waals surface area contributed by atoms with Gasteiger partial charge in [0.1, 0.15) is 0 Å². The third-order valence-corrected chi connectivity index (χ3v) is 3.21. The predicted molar refractivity (Wildman–Crippen MR) is 59.0 cm³/mol. The number of hydrogen-bond donors (Lipinski definition) is 0. The summed E-state index contributed by atoms with van der Waals surface area (Å²) in [6, 6.07) is 0.737. The summed E-state index contributed by atoms with van der Waals surface area (Å²) in [4.78, 5) is 2.65. The first kappa shape index (κ1) is 11.0. The van der Waals surface area contributed by atoms with Crippen LogP contribution in [0.5, 0.6) is 0 Å². The van der Waals surface area contributed by atoms with E-state index >= 15 is 0 Å². The van der Waals surface area contributed by atoms with Gasteiger partial charge >= 0.3 is 0 Å². The van der Waals surface area contributed by atoms with E-state index in [1.807, 2.05) is 0 Å². The van der Waals surface area contributed by atoms with Crippen molar-refractivity contribution < 1.29 is 0 Å². The maximum absolute atomic E-state index is 2.65. The Labute approximate surface area is 83.5 Å². The van der Waals surface area contributed by atoms with Crippen molar-refractivity contribution in [3.8, 4) is 0 Å². The lowest BCUT2D eigenvalue weighted by molar-refractivity contribution is 0.188. The van der Waals surface area contributed by atoms with Crippen LogP contribution in [0.3, 0.4) is 0 Å². The second-order valence-electron chi connectivity index (χ2n) is 4.74. The SMILES string of the molecule is CCCN(CC1CCCC1)C(C)C. The van der Waals surface area contributed by atoms with Crippen LogP contribution in [-0.4, -0.2) is 24.0 Å². The summed E-state index contributed by atoms with van der Waals surface area (Å²) in [6.07, 6.45) is 7.20. The molecule has 0 bridgehead atoms. The molecule has 78 valence electrons. The van der Waals surface area contributed by atoms with Crippen molar-refractivity contribution in [2.45, 2.75) is 58.9 Å². The number of rotatable bonds is 5. The van der Waals surface area contributed by atoms with Crippen LogP contribution in [0.4, 0.5) is 0 Å². The second-order valence-corrected chi connectivity index (χ2v) is 4.74. The van der Waals surface area contributed by atoms with Crippen LogP contribution in [0.2, 0.25) is 0 Å². The third-order valence-electron chi connectivity index (χ3n) is 3.21. The van der Waals surface area contributed by atoms with Crippen molar-refractivity contribution in [2.75, 3.05) is 13.1 Å². The fourth-order valence-corrected chi connectivity index (χ4v) is 2.37. The van der Waals surface area contributed by atoms with Crippen molar-refractivity contribution >= 4 is 0 Å². The molecule has 0 spiro atoms. The minimum Gasteiger partial charge on any atom is -0.301 e. The zero-order chi connectivity index (χ0) is 9.68. The first-order chi connectivity index (χ1) is 6.24. The van der Waals surface area contributed by atoms with E-state index in [9.17, 15) is 0 Å². The highest BCUT2D eigenvalue weighted by atomic mass is 15.1. The van der Waals surface area contributed by atoms with Gasteiger partial charge in [-0.05, 0) is 45.6 Å². The van der Waals surface area contributed by atoms with Crippen LogP contribution in [0.1, 0.15) is 52.9 Å². The van der Waals surface area contributed by atoms with Crippen LogP contribution in [0.15, 0.2) is 0 Å². The normalized spacial score (nSPS) is 19.2. The summed E-state index contributed by atoms with van der Waals surface area (Å²) in [5.74, 6) is 1.01. The van der Waals surface area contributed by atoms with Gasteiger partial charge in [0.25, 0.3) is 0 Å². The molecule has 1 aliphatic carbocycles. The molecule has 0 N–H and O–H groups in total. The minimum atomic E-state index is 0.737. The molecular formula is C12H25N.